The molecule has 1 rings (SSSR count). The Balaban J connectivity index is 2.81. The van der Waals surface area contributed by atoms with E-state index >= 15 is 0 Å². The Morgan fingerprint density at radius 2 is 2.22 bits per heavy atom. The van der Waals surface area contributed by atoms with Crippen molar-refractivity contribution in [1.82, 2.24) is 0 Å². The predicted octanol–water partition coefficient (Wildman–Crippen LogP) is 2.15. The fourth-order valence-electron chi connectivity index (χ4n) is 1.50. The van der Waals surface area contributed by atoms with E-state index in [0.717, 1.165) is 6.42 Å². The zero-order chi connectivity index (χ0) is 13.7. The van der Waals surface area contributed by atoms with Gasteiger partial charge in [-0.1, -0.05) is 20.3 Å². The number of halogens is 1. The first kappa shape index (κ1) is 14.4. The van der Waals surface area contributed by atoms with Gasteiger partial charge in [0.2, 0.25) is 5.91 Å². The van der Waals surface area contributed by atoms with Gasteiger partial charge >= 0.3 is 0 Å². The van der Waals surface area contributed by atoms with Crippen LogP contribution in [0.4, 0.5) is 10.1 Å². The Morgan fingerprint density at radius 3 is 2.78 bits per heavy atom. The van der Waals surface area contributed by atoms with E-state index in [9.17, 15) is 9.18 Å². The SMILES string of the molecule is CCC(C)C(N)C(=O)Nc1ccc(F)cc1OC. The summed E-state index contributed by atoms with van der Waals surface area (Å²) < 4.78 is 18.0. The van der Waals surface area contributed by atoms with Gasteiger partial charge in [-0.05, 0) is 18.1 Å². The van der Waals surface area contributed by atoms with Crippen LogP contribution in [0.15, 0.2) is 18.2 Å². The van der Waals surface area contributed by atoms with Crippen LogP contribution in [-0.4, -0.2) is 19.1 Å². The van der Waals surface area contributed by atoms with E-state index in [1.165, 1.54) is 25.3 Å². The van der Waals surface area contributed by atoms with E-state index in [1.807, 2.05) is 13.8 Å². The second-order valence-corrected chi connectivity index (χ2v) is 4.25. The first-order valence-corrected chi connectivity index (χ1v) is 5.89. The van der Waals surface area contributed by atoms with Crippen molar-refractivity contribution in [1.29, 1.82) is 0 Å². The Bertz CT molecular complexity index is 423. The van der Waals surface area contributed by atoms with Gasteiger partial charge in [-0.2, -0.15) is 0 Å². The van der Waals surface area contributed by atoms with Gasteiger partial charge in [0.05, 0.1) is 18.8 Å². The number of anilines is 1. The van der Waals surface area contributed by atoms with E-state index in [4.69, 9.17) is 10.5 Å². The number of carbonyl (C=O) groups is 1. The summed E-state index contributed by atoms with van der Waals surface area (Å²) >= 11 is 0. The number of hydrogen-bond acceptors (Lipinski definition) is 3. The van der Waals surface area contributed by atoms with Crippen LogP contribution in [0.5, 0.6) is 5.75 Å². The average molecular weight is 254 g/mol. The smallest absolute Gasteiger partial charge is 0.241 e. The van der Waals surface area contributed by atoms with Crippen molar-refractivity contribution in [3.05, 3.63) is 24.0 Å². The highest BCUT2D eigenvalue weighted by molar-refractivity contribution is 5.96. The number of methoxy groups -OCH3 is 1. The van der Waals surface area contributed by atoms with Crippen molar-refractivity contribution >= 4 is 11.6 Å². The lowest BCUT2D eigenvalue weighted by Gasteiger charge is -2.18. The van der Waals surface area contributed by atoms with Gasteiger partial charge in [-0.15, -0.1) is 0 Å². The van der Waals surface area contributed by atoms with E-state index in [0.29, 0.717) is 5.69 Å². The Hall–Kier alpha value is -1.62. The van der Waals surface area contributed by atoms with Crippen LogP contribution < -0.4 is 15.8 Å². The summed E-state index contributed by atoms with van der Waals surface area (Å²) in [6.45, 7) is 3.88. The molecular weight excluding hydrogens is 235 g/mol. The first-order valence-electron chi connectivity index (χ1n) is 5.89. The summed E-state index contributed by atoms with van der Waals surface area (Å²) in [7, 11) is 1.42. The Morgan fingerprint density at radius 1 is 1.56 bits per heavy atom. The molecule has 18 heavy (non-hydrogen) atoms. The third kappa shape index (κ3) is 3.43. The number of carbonyl (C=O) groups excluding carboxylic acids is 1. The quantitative estimate of drug-likeness (QED) is 0.846. The monoisotopic (exact) mass is 254 g/mol. The van der Waals surface area contributed by atoms with Crippen molar-refractivity contribution in [2.45, 2.75) is 26.3 Å². The molecule has 0 bridgehead atoms. The summed E-state index contributed by atoms with van der Waals surface area (Å²) in [5, 5.41) is 2.65. The minimum atomic E-state index is -0.593. The summed E-state index contributed by atoms with van der Waals surface area (Å²) in [5.74, 6) is -0.360. The average Bonchev–Trinajstić information content (AvgIpc) is 2.38. The number of benzene rings is 1. The number of nitrogens with one attached hydrogen (secondary N) is 1. The summed E-state index contributed by atoms with van der Waals surface area (Å²) in [6, 6.07) is 3.33. The molecule has 1 amide bonds. The molecule has 0 radical (unpaired) electrons. The fraction of sp³-hybridized carbons (Fsp3) is 0.462. The molecule has 3 N–H and O–H groups in total. The lowest BCUT2D eigenvalue weighted by atomic mass is 9.99. The summed E-state index contributed by atoms with van der Waals surface area (Å²) in [6.07, 6.45) is 0.815. The van der Waals surface area contributed by atoms with Crippen molar-refractivity contribution in [3.8, 4) is 5.75 Å². The maximum absolute atomic E-state index is 13.0. The van der Waals surface area contributed by atoms with Gasteiger partial charge < -0.3 is 15.8 Å². The molecule has 100 valence electrons. The normalized spacial score (nSPS) is 13.8. The van der Waals surface area contributed by atoms with Crippen LogP contribution in [0, 0.1) is 11.7 Å². The molecule has 2 atom stereocenters. The van der Waals surface area contributed by atoms with Crippen molar-refractivity contribution in [2.24, 2.45) is 11.7 Å². The lowest BCUT2D eigenvalue weighted by molar-refractivity contribution is -0.118. The molecule has 2 unspecified atom stereocenters. The minimum Gasteiger partial charge on any atom is -0.494 e. The maximum atomic E-state index is 13.0. The molecule has 0 heterocycles. The minimum absolute atomic E-state index is 0.0800. The standard InChI is InChI=1S/C13H19FN2O2/c1-4-8(2)12(15)13(17)16-10-6-5-9(14)7-11(10)18-3/h5-8,12H,4,15H2,1-3H3,(H,16,17). The van der Waals surface area contributed by atoms with Crippen molar-refractivity contribution < 1.29 is 13.9 Å². The summed E-state index contributed by atoms with van der Waals surface area (Å²) in [4.78, 5) is 11.9. The predicted molar refractivity (Wildman–Crippen MR) is 69.0 cm³/mol. The van der Waals surface area contributed by atoms with Crippen LogP contribution in [-0.2, 0) is 4.79 Å². The highest BCUT2D eigenvalue weighted by atomic mass is 19.1. The molecule has 0 fully saturated rings. The molecule has 1 aromatic rings. The van der Waals surface area contributed by atoms with Gasteiger partial charge in [0, 0.05) is 6.07 Å². The van der Waals surface area contributed by atoms with E-state index < -0.39 is 11.9 Å². The second kappa shape index (κ2) is 6.35. The molecule has 1 aromatic carbocycles. The lowest BCUT2D eigenvalue weighted by Crippen LogP contribution is -2.40. The molecule has 0 aliphatic carbocycles. The Kier molecular flexibility index (Phi) is 5.09. The van der Waals surface area contributed by atoms with Crippen LogP contribution in [0.2, 0.25) is 0 Å². The van der Waals surface area contributed by atoms with E-state index in [2.05, 4.69) is 5.32 Å². The number of hydrogen-bond donors (Lipinski definition) is 2. The highest BCUT2D eigenvalue weighted by Crippen LogP contribution is 2.25. The molecule has 4 nitrogen and oxygen atoms in total. The van der Waals surface area contributed by atoms with Crippen LogP contribution >= 0.6 is 0 Å². The zero-order valence-electron chi connectivity index (χ0n) is 10.9. The molecular formula is C13H19FN2O2. The van der Waals surface area contributed by atoms with Crippen molar-refractivity contribution in [2.75, 3.05) is 12.4 Å². The largest absolute Gasteiger partial charge is 0.494 e. The Labute approximate surface area is 106 Å². The van der Waals surface area contributed by atoms with Gasteiger partial charge in [0.15, 0.2) is 0 Å². The van der Waals surface area contributed by atoms with Crippen LogP contribution in [0.25, 0.3) is 0 Å². The van der Waals surface area contributed by atoms with E-state index in [1.54, 1.807) is 0 Å². The molecule has 0 aliphatic heterocycles. The van der Waals surface area contributed by atoms with Gasteiger partial charge in [-0.3, -0.25) is 4.79 Å². The topological polar surface area (TPSA) is 64.4 Å². The molecule has 0 aromatic heterocycles. The molecule has 0 aliphatic rings. The third-order valence-electron chi connectivity index (χ3n) is 2.98. The first-order chi connectivity index (χ1) is 8.49. The fourth-order valence-corrected chi connectivity index (χ4v) is 1.50. The number of amides is 1. The van der Waals surface area contributed by atoms with Gasteiger partial charge in [-0.25, -0.2) is 4.39 Å². The summed E-state index contributed by atoms with van der Waals surface area (Å²) in [5.41, 5.74) is 6.23. The molecule has 0 saturated carbocycles. The van der Waals surface area contributed by atoms with Crippen LogP contribution in [0.3, 0.4) is 0 Å². The van der Waals surface area contributed by atoms with Crippen molar-refractivity contribution in [3.63, 3.8) is 0 Å². The third-order valence-corrected chi connectivity index (χ3v) is 2.98. The second-order valence-electron chi connectivity index (χ2n) is 4.25. The van der Waals surface area contributed by atoms with Crippen LogP contribution in [0.1, 0.15) is 20.3 Å². The number of nitrogens with two attached hydrogens (primary N) is 1. The van der Waals surface area contributed by atoms with E-state index in [-0.39, 0.29) is 17.6 Å². The molecule has 0 saturated heterocycles. The molecule has 5 heteroatoms. The maximum Gasteiger partial charge on any atom is 0.241 e. The van der Waals surface area contributed by atoms with Gasteiger partial charge in [0.25, 0.3) is 0 Å². The molecule has 0 spiro atoms. The number of rotatable bonds is 5. The van der Waals surface area contributed by atoms with Gasteiger partial charge in [0.1, 0.15) is 11.6 Å². The number of ether oxygens (including phenoxy) is 1. The zero-order valence-corrected chi connectivity index (χ0v) is 10.9. The highest BCUT2D eigenvalue weighted by Gasteiger charge is 2.20.